The number of terminal acetylenes is 1. The van der Waals surface area contributed by atoms with Gasteiger partial charge in [-0.25, -0.2) is 4.98 Å². The van der Waals surface area contributed by atoms with E-state index < -0.39 is 0 Å². The molecule has 0 spiro atoms. The fraction of sp³-hybridized carbons (Fsp3) is 0.286. The summed E-state index contributed by atoms with van der Waals surface area (Å²) in [7, 11) is 0. The summed E-state index contributed by atoms with van der Waals surface area (Å²) < 4.78 is 1.94. The topological polar surface area (TPSA) is 46.9 Å². The maximum absolute atomic E-state index is 11.8. The summed E-state index contributed by atoms with van der Waals surface area (Å²) in [6.45, 7) is 0.501. The summed E-state index contributed by atoms with van der Waals surface area (Å²) in [5, 5.41) is 2.67. The Hall–Kier alpha value is -1.93. The largest absolute Gasteiger partial charge is 0.344 e. The van der Waals surface area contributed by atoms with Crippen LogP contribution >= 0.6 is 11.8 Å². The van der Waals surface area contributed by atoms with Crippen LogP contribution in [0.2, 0.25) is 0 Å². The maximum atomic E-state index is 11.8. The third kappa shape index (κ3) is 3.09. The molecule has 1 heterocycles. The van der Waals surface area contributed by atoms with Crippen LogP contribution in [0.25, 0.3) is 11.0 Å². The Morgan fingerprint density at radius 3 is 3.05 bits per heavy atom. The van der Waals surface area contributed by atoms with Gasteiger partial charge < -0.3 is 9.88 Å². The number of benzene rings is 1. The summed E-state index contributed by atoms with van der Waals surface area (Å²) >= 11 is 1.68. The van der Waals surface area contributed by atoms with E-state index in [1.165, 1.54) is 0 Å². The van der Waals surface area contributed by atoms with Crippen molar-refractivity contribution in [1.82, 2.24) is 14.9 Å². The highest BCUT2D eigenvalue weighted by atomic mass is 32.2. The van der Waals surface area contributed by atoms with Crippen molar-refractivity contribution in [3.63, 3.8) is 0 Å². The molecule has 0 aliphatic rings. The SMILES string of the molecule is C#CCNC(=O)Cn1c(CSC)nc2ccccc21. The summed E-state index contributed by atoms with van der Waals surface area (Å²) in [4.78, 5) is 16.4. The maximum Gasteiger partial charge on any atom is 0.240 e. The van der Waals surface area contributed by atoms with E-state index in [1.54, 1.807) is 11.8 Å². The second-order valence-corrected chi connectivity index (χ2v) is 4.88. The van der Waals surface area contributed by atoms with Crippen LogP contribution in [0.3, 0.4) is 0 Å². The molecule has 0 atom stereocenters. The smallest absolute Gasteiger partial charge is 0.240 e. The van der Waals surface area contributed by atoms with Crippen molar-refractivity contribution >= 4 is 28.7 Å². The van der Waals surface area contributed by atoms with Gasteiger partial charge in [0.1, 0.15) is 12.4 Å². The van der Waals surface area contributed by atoms with Crippen molar-refractivity contribution in [3.8, 4) is 12.3 Å². The third-order valence-corrected chi connectivity index (χ3v) is 3.24. The van der Waals surface area contributed by atoms with Crippen molar-refractivity contribution in [3.05, 3.63) is 30.1 Å². The van der Waals surface area contributed by atoms with Gasteiger partial charge in [-0.05, 0) is 18.4 Å². The minimum Gasteiger partial charge on any atom is -0.344 e. The Balaban J connectivity index is 2.31. The fourth-order valence-corrected chi connectivity index (χ4v) is 2.37. The molecule has 1 N–H and O–H groups in total. The molecule has 2 aromatic rings. The number of fused-ring (bicyclic) bond motifs is 1. The van der Waals surface area contributed by atoms with Crippen LogP contribution < -0.4 is 5.32 Å². The number of carbonyl (C=O) groups is 1. The Labute approximate surface area is 116 Å². The van der Waals surface area contributed by atoms with Crippen molar-refractivity contribution in [1.29, 1.82) is 0 Å². The van der Waals surface area contributed by atoms with Crippen LogP contribution in [0.15, 0.2) is 24.3 Å². The van der Waals surface area contributed by atoms with E-state index in [-0.39, 0.29) is 19.0 Å². The first-order valence-electron chi connectivity index (χ1n) is 5.89. The average molecular weight is 273 g/mol. The first kappa shape index (κ1) is 13.5. The summed E-state index contributed by atoms with van der Waals surface area (Å²) in [6, 6.07) is 7.82. The molecule has 0 radical (unpaired) electrons. The van der Waals surface area contributed by atoms with Crippen molar-refractivity contribution in [2.75, 3.05) is 12.8 Å². The molecule has 5 heteroatoms. The molecule has 1 aromatic carbocycles. The van der Waals surface area contributed by atoms with Gasteiger partial charge in [0.15, 0.2) is 0 Å². The van der Waals surface area contributed by atoms with Gasteiger partial charge in [-0.1, -0.05) is 18.1 Å². The van der Waals surface area contributed by atoms with Crippen LogP contribution in [0, 0.1) is 12.3 Å². The van der Waals surface area contributed by atoms with Gasteiger partial charge in [0.2, 0.25) is 5.91 Å². The molecule has 2 rings (SSSR count). The van der Waals surface area contributed by atoms with Crippen LogP contribution in [0.4, 0.5) is 0 Å². The molecular weight excluding hydrogens is 258 g/mol. The standard InChI is InChI=1S/C14H15N3OS/c1-3-8-15-14(18)9-17-12-7-5-4-6-11(12)16-13(17)10-19-2/h1,4-7H,8-10H2,2H3,(H,15,18). The Morgan fingerprint density at radius 1 is 1.53 bits per heavy atom. The van der Waals surface area contributed by atoms with Gasteiger partial charge in [0, 0.05) is 0 Å². The second kappa shape index (κ2) is 6.30. The Kier molecular flexibility index (Phi) is 4.48. The number of nitrogens with one attached hydrogen (secondary N) is 1. The fourth-order valence-electron chi connectivity index (χ4n) is 1.89. The van der Waals surface area contributed by atoms with Gasteiger partial charge in [0.05, 0.1) is 23.3 Å². The van der Waals surface area contributed by atoms with E-state index in [1.807, 2.05) is 35.1 Å². The van der Waals surface area contributed by atoms with Crippen LogP contribution in [0.1, 0.15) is 5.82 Å². The van der Waals surface area contributed by atoms with E-state index in [0.717, 1.165) is 22.6 Å². The quantitative estimate of drug-likeness (QED) is 0.843. The number of nitrogens with zero attached hydrogens (tertiary/aromatic N) is 2. The molecule has 19 heavy (non-hydrogen) atoms. The van der Waals surface area contributed by atoms with Crippen molar-refractivity contribution in [2.45, 2.75) is 12.3 Å². The molecule has 0 unspecified atom stereocenters. The van der Waals surface area contributed by atoms with Gasteiger partial charge in [0.25, 0.3) is 0 Å². The highest BCUT2D eigenvalue weighted by molar-refractivity contribution is 7.97. The summed E-state index contributed by atoms with van der Waals surface area (Å²) in [5.41, 5.74) is 1.89. The first-order chi connectivity index (χ1) is 9.26. The first-order valence-corrected chi connectivity index (χ1v) is 7.29. The van der Waals surface area contributed by atoms with Crippen LogP contribution in [-0.4, -0.2) is 28.3 Å². The van der Waals surface area contributed by atoms with Gasteiger partial charge >= 0.3 is 0 Å². The minimum atomic E-state index is -0.0940. The third-order valence-electron chi connectivity index (χ3n) is 2.70. The summed E-state index contributed by atoms with van der Waals surface area (Å²) in [6.07, 6.45) is 7.15. The predicted octanol–water partition coefficient (Wildman–Crippen LogP) is 1.65. The highest BCUT2D eigenvalue weighted by Crippen LogP contribution is 2.18. The number of amides is 1. The van der Waals surface area contributed by atoms with Crippen molar-refractivity contribution in [2.24, 2.45) is 0 Å². The zero-order valence-electron chi connectivity index (χ0n) is 10.7. The van der Waals surface area contributed by atoms with Gasteiger partial charge in [-0.15, -0.1) is 6.42 Å². The van der Waals surface area contributed by atoms with E-state index >= 15 is 0 Å². The number of para-hydroxylation sites is 2. The lowest BCUT2D eigenvalue weighted by molar-refractivity contribution is -0.121. The van der Waals surface area contributed by atoms with E-state index in [9.17, 15) is 4.79 Å². The molecule has 0 fully saturated rings. The zero-order valence-corrected chi connectivity index (χ0v) is 11.5. The molecule has 1 amide bonds. The number of rotatable bonds is 5. The number of hydrogen-bond donors (Lipinski definition) is 1. The Morgan fingerprint density at radius 2 is 2.32 bits per heavy atom. The second-order valence-electron chi connectivity index (χ2n) is 4.02. The molecule has 0 aliphatic carbocycles. The normalized spacial score (nSPS) is 10.3. The lowest BCUT2D eigenvalue weighted by Gasteiger charge is -2.08. The summed E-state index contributed by atoms with van der Waals surface area (Å²) in [5.74, 6) is 3.98. The average Bonchev–Trinajstić information content (AvgIpc) is 2.75. The zero-order chi connectivity index (χ0) is 13.7. The predicted molar refractivity (Wildman–Crippen MR) is 78.8 cm³/mol. The number of hydrogen-bond acceptors (Lipinski definition) is 3. The molecule has 0 bridgehead atoms. The van der Waals surface area contributed by atoms with Crippen LogP contribution in [0.5, 0.6) is 0 Å². The molecule has 4 nitrogen and oxygen atoms in total. The lowest BCUT2D eigenvalue weighted by atomic mass is 10.3. The molecule has 0 aliphatic heterocycles. The molecule has 98 valence electrons. The number of thioether (sulfide) groups is 1. The van der Waals surface area contributed by atoms with Crippen LogP contribution in [-0.2, 0) is 17.1 Å². The number of aromatic nitrogens is 2. The number of imidazole rings is 1. The van der Waals surface area contributed by atoms with Gasteiger partial charge in [-0.3, -0.25) is 4.79 Å². The van der Waals surface area contributed by atoms with Gasteiger partial charge in [-0.2, -0.15) is 11.8 Å². The lowest BCUT2D eigenvalue weighted by Crippen LogP contribution is -2.28. The minimum absolute atomic E-state index is 0.0940. The van der Waals surface area contributed by atoms with E-state index in [4.69, 9.17) is 6.42 Å². The monoisotopic (exact) mass is 273 g/mol. The molecular formula is C14H15N3OS. The Bertz CT molecular complexity index is 627. The van der Waals surface area contributed by atoms with E-state index in [0.29, 0.717) is 0 Å². The van der Waals surface area contributed by atoms with Crippen molar-refractivity contribution < 1.29 is 4.79 Å². The highest BCUT2D eigenvalue weighted by Gasteiger charge is 2.12. The van der Waals surface area contributed by atoms with E-state index in [2.05, 4.69) is 16.2 Å². The molecule has 0 saturated carbocycles. The molecule has 0 saturated heterocycles. The number of carbonyl (C=O) groups excluding carboxylic acids is 1. The molecule has 1 aromatic heterocycles.